The van der Waals surface area contributed by atoms with Crippen LogP contribution in [0.5, 0.6) is 0 Å². The van der Waals surface area contributed by atoms with Crippen LogP contribution >= 0.6 is 0 Å². The van der Waals surface area contributed by atoms with E-state index in [-0.39, 0.29) is 0 Å². The van der Waals surface area contributed by atoms with Crippen LogP contribution in [0.2, 0.25) is 0 Å². The number of urea groups is 1. The van der Waals surface area contributed by atoms with Gasteiger partial charge >= 0.3 is 12.0 Å². The van der Waals surface area contributed by atoms with Crippen molar-refractivity contribution in [2.45, 2.75) is 32.7 Å². The molecular weight excluding hydrogens is 260 g/mol. The molecule has 7 heteroatoms. The molecule has 0 radical (unpaired) electrons. The lowest BCUT2D eigenvalue weighted by Gasteiger charge is -2.43. The van der Waals surface area contributed by atoms with Crippen LogP contribution in [-0.4, -0.2) is 44.4 Å². The molecule has 1 aromatic heterocycles. The highest BCUT2D eigenvalue weighted by molar-refractivity contribution is 5.92. The Morgan fingerprint density at radius 1 is 1.50 bits per heavy atom. The molecule has 1 unspecified atom stereocenters. The van der Waals surface area contributed by atoms with Gasteiger partial charge in [0.15, 0.2) is 5.82 Å². The molecule has 1 aliphatic heterocycles. The Balaban J connectivity index is 2.16. The summed E-state index contributed by atoms with van der Waals surface area (Å²) in [5, 5.41) is 16.1. The van der Waals surface area contributed by atoms with Gasteiger partial charge in [-0.2, -0.15) is 5.10 Å². The first kappa shape index (κ1) is 14.4. The number of carbonyl (C=O) groups is 2. The number of nitrogens with zero attached hydrogens (tertiary/aromatic N) is 3. The first-order valence-electron chi connectivity index (χ1n) is 6.61. The van der Waals surface area contributed by atoms with E-state index >= 15 is 0 Å². The van der Waals surface area contributed by atoms with E-state index in [4.69, 9.17) is 0 Å². The zero-order chi connectivity index (χ0) is 14.9. The molecular formula is C13H20N4O3. The molecule has 2 heterocycles. The van der Waals surface area contributed by atoms with Gasteiger partial charge in [-0.3, -0.25) is 10.00 Å². The normalized spacial score (nSPS) is 21.6. The van der Waals surface area contributed by atoms with Gasteiger partial charge in [0.05, 0.1) is 0 Å². The van der Waals surface area contributed by atoms with E-state index in [9.17, 15) is 14.7 Å². The summed E-state index contributed by atoms with van der Waals surface area (Å²) in [5.41, 5.74) is -0.439. The minimum atomic E-state index is -0.967. The van der Waals surface area contributed by atoms with Crippen molar-refractivity contribution in [2.24, 2.45) is 12.5 Å². The van der Waals surface area contributed by atoms with E-state index in [0.29, 0.717) is 12.4 Å². The first-order chi connectivity index (χ1) is 9.31. The summed E-state index contributed by atoms with van der Waals surface area (Å²) in [6, 6.07) is 0.437. The highest BCUT2D eigenvalue weighted by Crippen LogP contribution is 2.35. The van der Waals surface area contributed by atoms with Crippen molar-refractivity contribution in [3.8, 4) is 0 Å². The number of aryl methyl sites for hydroxylation is 1. The second kappa shape index (κ2) is 5.15. The Morgan fingerprint density at radius 3 is 2.75 bits per heavy atom. The number of hydrogen-bond donors (Lipinski definition) is 2. The quantitative estimate of drug-likeness (QED) is 0.860. The molecule has 0 saturated carbocycles. The highest BCUT2D eigenvalue weighted by Gasteiger charge is 2.44. The van der Waals surface area contributed by atoms with Crippen molar-refractivity contribution in [1.82, 2.24) is 14.7 Å². The van der Waals surface area contributed by atoms with Gasteiger partial charge < -0.3 is 10.0 Å². The van der Waals surface area contributed by atoms with Gasteiger partial charge in [-0.05, 0) is 18.3 Å². The van der Waals surface area contributed by atoms with E-state index in [1.807, 2.05) is 13.8 Å². The lowest BCUT2D eigenvalue weighted by atomic mass is 9.76. The Bertz CT molecular complexity index is 523. The summed E-state index contributed by atoms with van der Waals surface area (Å²) in [5.74, 6) is -0.545. The number of rotatable bonds is 2. The summed E-state index contributed by atoms with van der Waals surface area (Å²) < 4.78 is 1.57. The molecule has 110 valence electrons. The summed E-state index contributed by atoms with van der Waals surface area (Å²) >= 11 is 0. The largest absolute Gasteiger partial charge is 0.480 e. The van der Waals surface area contributed by atoms with E-state index in [2.05, 4.69) is 10.4 Å². The lowest BCUT2D eigenvalue weighted by molar-refractivity contribution is -0.148. The lowest BCUT2D eigenvalue weighted by Crippen LogP contribution is -2.57. The summed E-state index contributed by atoms with van der Waals surface area (Å²) in [7, 11) is 1.75. The zero-order valence-corrected chi connectivity index (χ0v) is 12.0. The van der Waals surface area contributed by atoms with Crippen molar-refractivity contribution in [3.05, 3.63) is 12.3 Å². The summed E-state index contributed by atoms with van der Waals surface area (Å²) in [4.78, 5) is 25.2. The van der Waals surface area contributed by atoms with Gasteiger partial charge in [-0.25, -0.2) is 9.59 Å². The van der Waals surface area contributed by atoms with Crippen LogP contribution in [0.15, 0.2) is 12.3 Å². The fourth-order valence-corrected chi connectivity index (χ4v) is 2.74. The molecule has 1 fully saturated rings. The average molecular weight is 280 g/mol. The van der Waals surface area contributed by atoms with Crippen LogP contribution in [0.4, 0.5) is 10.6 Å². The van der Waals surface area contributed by atoms with Crippen molar-refractivity contribution < 1.29 is 14.7 Å². The Hall–Kier alpha value is -2.05. The highest BCUT2D eigenvalue weighted by atomic mass is 16.4. The van der Waals surface area contributed by atoms with E-state index in [1.165, 1.54) is 4.90 Å². The predicted molar refractivity (Wildman–Crippen MR) is 73.4 cm³/mol. The number of likely N-dealkylation sites (tertiary alicyclic amines) is 1. The number of aromatic nitrogens is 2. The standard InChI is InChI=1S/C13H20N4O3/c1-13(2)6-4-7-17(10(13)11(18)19)12(20)14-9-5-8-16(3)15-9/h5,8,10H,4,6-7H2,1-3H3,(H,18,19)(H,14,15,20). The molecule has 1 saturated heterocycles. The molecule has 2 amide bonds. The maximum atomic E-state index is 12.3. The summed E-state index contributed by atoms with van der Waals surface area (Å²) in [6.45, 7) is 4.21. The maximum Gasteiger partial charge on any atom is 0.327 e. The fourth-order valence-electron chi connectivity index (χ4n) is 2.74. The summed E-state index contributed by atoms with van der Waals surface area (Å²) in [6.07, 6.45) is 3.30. The average Bonchev–Trinajstić information content (AvgIpc) is 2.72. The molecule has 0 bridgehead atoms. The SMILES string of the molecule is Cn1ccc(NC(=O)N2CCCC(C)(C)C2C(=O)O)n1. The van der Waals surface area contributed by atoms with Gasteiger partial charge in [0.1, 0.15) is 6.04 Å². The molecule has 0 spiro atoms. The third kappa shape index (κ3) is 2.76. The monoisotopic (exact) mass is 280 g/mol. The number of carboxylic acid groups (broad SMARTS) is 1. The third-order valence-corrected chi connectivity index (χ3v) is 3.72. The molecule has 7 nitrogen and oxygen atoms in total. The molecule has 0 aliphatic carbocycles. The molecule has 1 aromatic rings. The first-order valence-corrected chi connectivity index (χ1v) is 6.61. The molecule has 1 aliphatic rings. The predicted octanol–water partition coefficient (Wildman–Crippen LogP) is 1.53. The van der Waals surface area contributed by atoms with Crippen LogP contribution in [0.1, 0.15) is 26.7 Å². The number of hydrogen-bond acceptors (Lipinski definition) is 3. The van der Waals surface area contributed by atoms with Crippen LogP contribution in [0.25, 0.3) is 0 Å². The molecule has 0 aromatic carbocycles. The van der Waals surface area contributed by atoms with Crippen molar-refractivity contribution in [2.75, 3.05) is 11.9 Å². The van der Waals surface area contributed by atoms with E-state index in [1.54, 1.807) is 24.0 Å². The van der Waals surface area contributed by atoms with Gasteiger partial charge in [-0.15, -0.1) is 0 Å². The Morgan fingerprint density at radius 2 is 2.20 bits per heavy atom. The number of nitrogens with one attached hydrogen (secondary N) is 1. The third-order valence-electron chi connectivity index (χ3n) is 3.72. The fraction of sp³-hybridized carbons (Fsp3) is 0.615. The molecule has 20 heavy (non-hydrogen) atoms. The molecule has 2 rings (SSSR count). The van der Waals surface area contributed by atoms with Crippen molar-refractivity contribution in [3.63, 3.8) is 0 Å². The molecule has 1 atom stereocenters. The Kier molecular flexibility index (Phi) is 3.69. The minimum Gasteiger partial charge on any atom is -0.480 e. The van der Waals surface area contributed by atoms with Crippen LogP contribution < -0.4 is 5.32 Å². The van der Waals surface area contributed by atoms with Crippen LogP contribution in [0.3, 0.4) is 0 Å². The second-order valence-electron chi connectivity index (χ2n) is 5.83. The number of carbonyl (C=O) groups excluding carboxylic acids is 1. The number of piperidine rings is 1. The number of aliphatic carboxylic acids is 1. The van der Waals surface area contributed by atoms with Gasteiger partial charge in [0, 0.05) is 25.9 Å². The smallest absolute Gasteiger partial charge is 0.327 e. The minimum absolute atomic E-state index is 0.413. The number of anilines is 1. The van der Waals surface area contributed by atoms with Crippen LogP contribution in [-0.2, 0) is 11.8 Å². The van der Waals surface area contributed by atoms with Crippen molar-refractivity contribution >= 4 is 17.8 Å². The van der Waals surface area contributed by atoms with Crippen LogP contribution in [0, 0.1) is 5.41 Å². The van der Waals surface area contributed by atoms with Crippen molar-refractivity contribution in [1.29, 1.82) is 0 Å². The zero-order valence-electron chi connectivity index (χ0n) is 12.0. The molecule has 2 N–H and O–H groups in total. The topological polar surface area (TPSA) is 87.5 Å². The maximum absolute atomic E-state index is 12.3. The van der Waals surface area contributed by atoms with Gasteiger partial charge in [0.2, 0.25) is 0 Å². The number of amides is 2. The van der Waals surface area contributed by atoms with E-state index in [0.717, 1.165) is 12.8 Å². The van der Waals surface area contributed by atoms with E-state index < -0.39 is 23.5 Å². The van der Waals surface area contributed by atoms with Gasteiger partial charge in [-0.1, -0.05) is 13.8 Å². The number of carboxylic acids is 1. The van der Waals surface area contributed by atoms with Gasteiger partial charge in [0.25, 0.3) is 0 Å². The Labute approximate surface area is 117 Å². The second-order valence-corrected chi connectivity index (χ2v) is 5.83.